The number of nitrogens with zero attached hydrogens (tertiary/aromatic N) is 1. The van der Waals surface area contributed by atoms with E-state index in [1.165, 1.54) is 25.7 Å². The fourth-order valence-electron chi connectivity index (χ4n) is 3.75. The van der Waals surface area contributed by atoms with E-state index >= 15 is 0 Å². The number of amides is 1. The smallest absolute Gasteiger partial charge is 0.261 e. The third-order valence-corrected chi connectivity index (χ3v) is 7.20. The normalized spacial score (nSPS) is 15.3. The number of nitrogens with one attached hydrogen (secondary N) is 2. The van der Waals surface area contributed by atoms with E-state index in [0.717, 1.165) is 37.2 Å². The van der Waals surface area contributed by atoms with Crippen LogP contribution in [0.25, 0.3) is 0 Å². The number of anilines is 1. The molecule has 0 aromatic heterocycles. The minimum atomic E-state index is -3.67. The molecular weight excluding hydrogens is 410 g/mol. The Kier molecular flexibility index (Phi) is 8.09. The predicted octanol–water partition coefficient (Wildman–Crippen LogP) is 4.10. The summed E-state index contributed by atoms with van der Waals surface area (Å²) in [4.78, 5) is 15.1. The molecule has 31 heavy (non-hydrogen) atoms. The van der Waals surface area contributed by atoms with Crippen molar-refractivity contribution in [2.45, 2.75) is 50.8 Å². The van der Waals surface area contributed by atoms with E-state index in [9.17, 15) is 13.2 Å². The lowest BCUT2D eigenvalue weighted by atomic mass is 10.1. The number of carbonyl (C=O) groups excluding carboxylic acids is 1. The van der Waals surface area contributed by atoms with E-state index in [-0.39, 0.29) is 10.8 Å². The van der Waals surface area contributed by atoms with Gasteiger partial charge in [-0.25, -0.2) is 8.42 Å². The van der Waals surface area contributed by atoms with Crippen LogP contribution in [-0.2, 0) is 10.0 Å². The molecule has 0 radical (unpaired) electrons. The first kappa shape index (κ1) is 23.3. The van der Waals surface area contributed by atoms with E-state index < -0.39 is 10.0 Å². The molecule has 1 fully saturated rings. The van der Waals surface area contributed by atoms with Gasteiger partial charge in [0.1, 0.15) is 0 Å². The Hall–Kier alpha value is -2.38. The van der Waals surface area contributed by atoms with Crippen molar-refractivity contribution in [3.05, 3.63) is 59.2 Å². The number of carbonyl (C=O) groups is 1. The summed E-state index contributed by atoms with van der Waals surface area (Å²) in [5.74, 6) is -0.139. The number of hydrogen-bond donors (Lipinski definition) is 2. The van der Waals surface area contributed by atoms with Gasteiger partial charge in [0.05, 0.1) is 4.90 Å². The Bertz CT molecular complexity index is 980. The van der Waals surface area contributed by atoms with Crippen molar-refractivity contribution in [1.29, 1.82) is 0 Å². The lowest BCUT2D eigenvalue weighted by Gasteiger charge is -2.19. The van der Waals surface area contributed by atoms with E-state index in [1.807, 2.05) is 13.8 Å². The second-order valence-electron chi connectivity index (χ2n) is 8.29. The van der Waals surface area contributed by atoms with Crippen molar-refractivity contribution in [2.75, 3.05) is 30.9 Å². The number of hydrogen-bond acceptors (Lipinski definition) is 4. The third kappa shape index (κ3) is 6.80. The fraction of sp³-hybridized carbons (Fsp3) is 0.458. The van der Waals surface area contributed by atoms with Crippen LogP contribution in [0.15, 0.2) is 47.4 Å². The van der Waals surface area contributed by atoms with E-state index in [1.54, 1.807) is 42.5 Å². The predicted molar refractivity (Wildman–Crippen MR) is 125 cm³/mol. The fourth-order valence-corrected chi connectivity index (χ4v) is 4.89. The molecule has 168 valence electrons. The maximum Gasteiger partial charge on any atom is 0.261 e. The first-order valence-electron chi connectivity index (χ1n) is 11.1. The highest BCUT2D eigenvalue weighted by molar-refractivity contribution is 7.92. The number of benzene rings is 2. The van der Waals surface area contributed by atoms with Crippen molar-refractivity contribution in [2.24, 2.45) is 0 Å². The molecule has 0 spiro atoms. The lowest BCUT2D eigenvalue weighted by molar-refractivity contribution is 0.0951. The second-order valence-corrected chi connectivity index (χ2v) is 9.98. The van der Waals surface area contributed by atoms with Crippen LogP contribution in [0.4, 0.5) is 5.69 Å². The maximum atomic E-state index is 12.6. The van der Waals surface area contributed by atoms with Gasteiger partial charge in [0.25, 0.3) is 15.9 Å². The third-order valence-electron chi connectivity index (χ3n) is 5.82. The minimum absolute atomic E-state index is 0.139. The summed E-state index contributed by atoms with van der Waals surface area (Å²) in [6, 6.07) is 11.6. The molecule has 0 unspecified atom stereocenters. The van der Waals surface area contributed by atoms with Gasteiger partial charge in [0.15, 0.2) is 0 Å². The lowest BCUT2D eigenvalue weighted by Crippen LogP contribution is -2.30. The van der Waals surface area contributed by atoms with E-state index in [0.29, 0.717) is 17.8 Å². The van der Waals surface area contributed by atoms with Crippen LogP contribution in [0.2, 0.25) is 0 Å². The molecule has 1 aliphatic heterocycles. The van der Waals surface area contributed by atoms with E-state index in [4.69, 9.17) is 0 Å². The van der Waals surface area contributed by atoms with Crippen molar-refractivity contribution in [3.8, 4) is 0 Å². The highest BCUT2D eigenvalue weighted by Gasteiger charge is 2.15. The van der Waals surface area contributed by atoms with Crippen LogP contribution in [0.1, 0.15) is 53.6 Å². The van der Waals surface area contributed by atoms with Crippen molar-refractivity contribution in [1.82, 2.24) is 10.2 Å². The molecule has 3 rings (SSSR count). The molecule has 2 aromatic carbocycles. The van der Waals surface area contributed by atoms with Gasteiger partial charge in [0.2, 0.25) is 0 Å². The summed E-state index contributed by atoms with van der Waals surface area (Å²) in [5.41, 5.74) is 2.91. The van der Waals surface area contributed by atoms with Crippen LogP contribution in [0, 0.1) is 13.8 Å². The molecule has 1 amide bonds. The van der Waals surface area contributed by atoms with Crippen LogP contribution in [0.5, 0.6) is 0 Å². The van der Waals surface area contributed by atoms with Crippen LogP contribution in [-0.4, -0.2) is 45.4 Å². The molecule has 6 nitrogen and oxygen atoms in total. The molecule has 2 N–H and O–H groups in total. The quantitative estimate of drug-likeness (QED) is 0.602. The molecule has 0 saturated carbocycles. The SMILES string of the molecule is Cc1ccc(S(=O)(=O)Nc2ccc(C(=O)NCCCN3CCCCCC3)cc2)cc1C. The Morgan fingerprint density at radius 2 is 1.61 bits per heavy atom. The van der Waals surface area contributed by atoms with Crippen LogP contribution >= 0.6 is 0 Å². The molecule has 0 bridgehead atoms. The van der Waals surface area contributed by atoms with Gasteiger partial charge >= 0.3 is 0 Å². The summed E-state index contributed by atoms with van der Waals surface area (Å²) in [6.07, 6.45) is 6.12. The van der Waals surface area contributed by atoms with Gasteiger partial charge in [-0.3, -0.25) is 9.52 Å². The Morgan fingerprint density at radius 1 is 0.935 bits per heavy atom. The van der Waals surface area contributed by atoms with Gasteiger partial charge in [-0.2, -0.15) is 0 Å². The highest BCUT2D eigenvalue weighted by atomic mass is 32.2. The Morgan fingerprint density at radius 3 is 2.26 bits per heavy atom. The molecule has 2 aromatic rings. The van der Waals surface area contributed by atoms with Crippen molar-refractivity contribution >= 4 is 21.6 Å². The first-order chi connectivity index (χ1) is 14.8. The summed E-state index contributed by atoms with van der Waals surface area (Å²) >= 11 is 0. The van der Waals surface area contributed by atoms with Gasteiger partial charge in [-0.1, -0.05) is 18.9 Å². The average Bonchev–Trinajstić information content (AvgIpc) is 3.02. The summed E-state index contributed by atoms with van der Waals surface area (Å²) in [6.45, 7) is 7.80. The number of likely N-dealkylation sites (tertiary alicyclic amines) is 1. The monoisotopic (exact) mass is 443 g/mol. The van der Waals surface area contributed by atoms with Gasteiger partial charge in [-0.15, -0.1) is 0 Å². The summed E-state index contributed by atoms with van der Waals surface area (Å²) in [5, 5.41) is 2.95. The minimum Gasteiger partial charge on any atom is -0.352 e. The van der Waals surface area contributed by atoms with Crippen molar-refractivity contribution < 1.29 is 13.2 Å². The number of rotatable bonds is 8. The zero-order valence-corrected chi connectivity index (χ0v) is 19.3. The number of aryl methyl sites for hydroxylation is 2. The molecule has 0 aliphatic carbocycles. The summed E-state index contributed by atoms with van der Waals surface area (Å²) < 4.78 is 27.8. The maximum absolute atomic E-state index is 12.6. The largest absolute Gasteiger partial charge is 0.352 e. The average molecular weight is 444 g/mol. The van der Waals surface area contributed by atoms with Gasteiger partial charge in [-0.05, 0) is 100 Å². The molecule has 1 saturated heterocycles. The Balaban J connectivity index is 1.49. The zero-order valence-electron chi connectivity index (χ0n) is 18.5. The molecule has 1 aliphatic rings. The summed E-state index contributed by atoms with van der Waals surface area (Å²) in [7, 11) is -3.67. The Labute approximate surface area is 186 Å². The zero-order chi connectivity index (χ0) is 22.3. The van der Waals surface area contributed by atoms with Gasteiger partial charge in [0, 0.05) is 17.8 Å². The van der Waals surface area contributed by atoms with Crippen LogP contribution < -0.4 is 10.0 Å². The molecule has 7 heteroatoms. The highest BCUT2D eigenvalue weighted by Crippen LogP contribution is 2.19. The van der Waals surface area contributed by atoms with Crippen molar-refractivity contribution in [3.63, 3.8) is 0 Å². The molecule has 1 heterocycles. The van der Waals surface area contributed by atoms with Crippen LogP contribution in [0.3, 0.4) is 0 Å². The standard InChI is InChI=1S/C24H33N3O3S/c1-19-8-13-23(18-20(19)2)31(29,30)26-22-11-9-21(10-12-22)24(28)25-14-7-17-27-15-5-3-4-6-16-27/h8-13,18,26H,3-7,14-17H2,1-2H3,(H,25,28). The van der Waals surface area contributed by atoms with Gasteiger partial charge < -0.3 is 10.2 Å². The van der Waals surface area contributed by atoms with E-state index in [2.05, 4.69) is 14.9 Å². The topological polar surface area (TPSA) is 78.5 Å². The molecule has 0 atom stereocenters. The molecular formula is C24H33N3O3S. The number of sulfonamides is 1. The first-order valence-corrected chi connectivity index (χ1v) is 12.5. The second kappa shape index (κ2) is 10.8.